The van der Waals surface area contributed by atoms with Gasteiger partial charge in [-0.1, -0.05) is 19.3 Å². The van der Waals surface area contributed by atoms with Gasteiger partial charge < -0.3 is 10.1 Å². The van der Waals surface area contributed by atoms with E-state index < -0.39 is 5.60 Å². The highest BCUT2D eigenvalue weighted by Crippen LogP contribution is 2.36. The lowest BCUT2D eigenvalue weighted by atomic mass is 9.93. The molecule has 3 rings (SSSR count). The summed E-state index contributed by atoms with van der Waals surface area (Å²) in [5, 5.41) is 3.00. The number of pyridine rings is 1. The van der Waals surface area contributed by atoms with E-state index in [-0.39, 0.29) is 17.9 Å². The fourth-order valence-electron chi connectivity index (χ4n) is 3.29. The van der Waals surface area contributed by atoms with E-state index in [9.17, 15) is 9.59 Å². The van der Waals surface area contributed by atoms with Gasteiger partial charge in [0.25, 0.3) is 17.4 Å². The van der Waals surface area contributed by atoms with E-state index in [1.165, 1.54) is 11.3 Å². The van der Waals surface area contributed by atoms with Gasteiger partial charge >= 0.3 is 0 Å². The number of hydrogen-bond donors (Lipinski definition) is 1. The standard InChI is InChI=1S/C17H23N3O3/c1-3-20-14-13(10-7-11-18-14)23-17(2,16(20)22)15(21)19-12-8-5-4-6-9-12/h7,10-12H,3-6,8-9H2,1-2H3,(H,19,21). The molecular weight excluding hydrogens is 294 g/mol. The SMILES string of the molecule is CCN1C(=O)C(C)(C(=O)NC2CCCCC2)Oc2cccnc21. The van der Waals surface area contributed by atoms with Crippen molar-refractivity contribution < 1.29 is 14.3 Å². The molecule has 1 saturated carbocycles. The molecule has 2 aliphatic rings. The number of amides is 2. The number of likely N-dealkylation sites (N-methyl/N-ethyl adjacent to an activating group) is 1. The lowest BCUT2D eigenvalue weighted by Gasteiger charge is -2.39. The van der Waals surface area contributed by atoms with E-state index in [0.29, 0.717) is 18.1 Å². The van der Waals surface area contributed by atoms with E-state index in [2.05, 4.69) is 10.3 Å². The Morgan fingerprint density at radius 1 is 1.43 bits per heavy atom. The van der Waals surface area contributed by atoms with Crippen LogP contribution < -0.4 is 15.0 Å². The molecule has 0 saturated heterocycles. The van der Waals surface area contributed by atoms with Crippen LogP contribution in [0.4, 0.5) is 5.82 Å². The minimum Gasteiger partial charge on any atom is -0.464 e. The number of anilines is 1. The number of aromatic nitrogens is 1. The number of carbonyl (C=O) groups is 2. The van der Waals surface area contributed by atoms with Crippen molar-refractivity contribution in [3.63, 3.8) is 0 Å². The van der Waals surface area contributed by atoms with Crippen LogP contribution in [-0.4, -0.2) is 35.0 Å². The molecule has 1 N–H and O–H groups in total. The number of rotatable bonds is 3. The van der Waals surface area contributed by atoms with Crippen LogP contribution in [0.3, 0.4) is 0 Å². The molecule has 124 valence electrons. The maximum Gasteiger partial charge on any atom is 0.282 e. The van der Waals surface area contributed by atoms with Crippen LogP contribution in [0.5, 0.6) is 5.75 Å². The van der Waals surface area contributed by atoms with Gasteiger partial charge in [-0.25, -0.2) is 4.98 Å². The zero-order chi connectivity index (χ0) is 16.4. The number of fused-ring (bicyclic) bond motifs is 1. The number of nitrogens with zero attached hydrogens (tertiary/aromatic N) is 2. The Kier molecular flexibility index (Phi) is 4.24. The second-order valence-corrected chi connectivity index (χ2v) is 6.32. The van der Waals surface area contributed by atoms with Gasteiger partial charge in [-0.2, -0.15) is 0 Å². The number of ether oxygens (including phenoxy) is 1. The van der Waals surface area contributed by atoms with Crippen molar-refractivity contribution in [2.75, 3.05) is 11.4 Å². The molecule has 1 unspecified atom stereocenters. The second kappa shape index (κ2) is 6.18. The number of hydrogen-bond acceptors (Lipinski definition) is 4. The van der Waals surface area contributed by atoms with Crippen molar-refractivity contribution in [2.45, 2.75) is 57.6 Å². The summed E-state index contributed by atoms with van der Waals surface area (Å²) in [5.41, 5.74) is -1.54. The minimum absolute atomic E-state index is 0.134. The lowest BCUT2D eigenvalue weighted by Crippen LogP contribution is -2.63. The van der Waals surface area contributed by atoms with Gasteiger partial charge in [-0.3, -0.25) is 14.5 Å². The quantitative estimate of drug-likeness (QED) is 0.866. The average molecular weight is 317 g/mol. The normalized spacial score (nSPS) is 24.8. The third-order valence-electron chi connectivity index (χ3n) is 4.66. The van der Waals surface area contributed by atoms with Crippen molar-refractivity contribution in [3.8, 4) is 5.75 Å². The molecule has 1 atom stereocenters. The molecule has 6 nitrogen and oxygen atoms in total. The summed E-state index contributed by atoms with van der Waals surface area (Å²) in [5.74, 6) is 0.222. The zero-order valence-corrected chi connectivity index (χ0v) is 13.7. The number of nitrogens with one attached hydrogen (secondary N) is 1. The monoisotopic (exact) mass is 317 g/mol. The highest BCUT2D eigenvalue weighted by molar-refractivity contribution is 6.16. The molecule has 1 aromatic heterocycles. The second-order valence-electron chi connectivity index (χ2n) is 6.32. The van der Waals surface area contributed by atoms with Gasteiger partial charge in [-0.05, 0) is 38.8 Å². The summed E-state index contributed by atoms with van der Waals surface area (Å²) in [7, 11) is 0. The molecule has 0 bridgehead atoms. The Balaban J connectivity index is 1.85. The van der Waals surface area contributed by atoms with Crippen LogP contribution in [0, 0.1) is 0 Å². The smallest absolute Gasteiger partial charge is 0.282 e. The fourth-order valence-corrected chi connectivity index (χ4v) is 3.29. The zero-order valence-electron chi connectivity index (χ0n) is 13.7. The molecule has 1 fully saturated rings. The lowest BCUT2D eigenvalue weighted by molar-refractivity contribution is -0.149. The Morgan fingerprint density at radius 3 is 2.87 bits per heavy atom. The maximum atomic E-state index is 12.8. The highest BCUT2D eigenvalue weighted by atomic mass is 16.5. The van der Waals surface area contributed by atoms with Gasteiger partial charge in [0.05, 0.1) is 0 Å². The van der Waals surface area contributed by atoms with E-state index >= 15 is 0 Å². The van der Waals surface area contributed by atoms with Gasteiger partial charge in [0, 0.05) is 18.8 Å². The van der Waals surface area contributed by atoms with Crippen molar-refractivity contribution in [3.05, 3.63) is 18.3 Å². The predicted molar refractivity (Wildman–Crippen MR) is 86.3 cm³/mol. The highest BCUT2D eigenvalue weighted by Gasteiger charge is 2.51. The summed E-state index contributed by atoms with van der Waals surface area (Å²) < 4.78 is 5.80. The minimum atomic E-state index is -1.54. The average Bonchev–Trinajstić information content (AvgIpc) is 2.57. The van der Waals surface area contributed by atoms with E-state index in [1.807, 2.05) is 6.92 Å². The topological polar surface area (TPSA) is 71.5 Å². The summed E-state index contributed by atoms with van der Waals surface area (Å²) in [6.45, 7) is 3.85. The third kappa shape index (κ3) is 2.78. The number of carbonyl (C=O) groups excluding carboxylic acids is 2. The Hall–Kier alpha value is -2.11. The molecule has 1 aliphatic carbocycles. The first-order valence-corrected chi connectivity index (χ1v) is 8.33. The van der Waals surface area contributed by atoms with Crippen LogP contribution in [0.15, 0.2) is 18.3 Å². The van der Waals surface area contributed by atoms with Gasteiger partial charge in [0.1, 0.15) is 0 Å². The Labute approximate surface area is 136 Å². The largest absolute Gasteiger partial charge is 0.464 e. The summed E-state index contributed by atoms with van der Waals surface area (Å²) in [6, 6.07) is 3.61. The molecule has 0 aromatic carbocycles. The summed E-state index contributed by atoms with van der Waals surface area (Å²) in [4.78, 5) is 31.3. The first kappa shape index (κ1) is 15.8. The Morgan fingerprint density at radius 2 is 2.17 bits per heavy atom. The third-order valence-corrected chi connectivity index (χ3v) is 4.66. The molecule has 0 spiro atoms. The summed E-state index contributed by atoms with van der Waals surface area (Å²) >= 11 is 0. The van der Waals surface area contributed by atoms with Gasteiger partial charge in [-0.15, -0.1) is 0 Å². The van der Waals surface area contributed by atoms with Gasteiger partial charge in [0.2, 0.25) is 0 Å². The first-order chi connectivity index (χ1) is 11.1. The maximum absolute atomic E-state index is 12.8. The van der Waals surface area contributed by atoms with Gasteiger partial charge in [0.15, 0.2) is 11.6 Å². The van der Waals surface area contributed by atoms with E-state index in [1.54, 1.807) is 25.3 Å². The Bertz CT molecular complexity index is 613. The van der Waals surface area contributed by atoms with Crippen LogP contribution in [0.25, 0.3) is 0 Å². The molecule has 6 heteroatoms. The molecule has 0 radical (unpaired) electrons. The molecule has 2 amide bonds. The summed E-state index contributed by atoms with van der Waals surface area (Å²) in [6.07, 6.45) is 6.98. The van der Waals surface area contributed by atoms with Crippen molar-refractivity contribution in [2.24, 2.45) is 0 Å². The molecule has 1 aliphatic heterocycles. The van der Waals surface area contributed by atoms with E-state index in [0.717, 1.165) is 25.7 Å². The predicted octanol–water partition coefficient (Wildman–Crippen LogP) is 2.03. The molecular formula is C17H23N3O3. The van der Waals surface area contributed by atoms with Crippen LogP contribution in [0.2, 0.25) is 0 Å². The van der Waals surface area contributed by atoms with Crippen molar-refractivity contribution in [1.29, 1.82) is 0 Å². The molecule has 23 heavy (non-hydrogen) atoms. The van der Waals surface area contributed by atoms with Crippen LogP contribution in [-0.2, 0) is 9.59 Å². The van der Waals surface area contributed by atoms with Crippen LogP contribution in [0.1, 0.15) is 46.0 Å². The van der Waals surface area contributed by atoms with Crippen molar-refractivity contribution >= 4 is 17.6 Å². The van der Waals surface area contributed by atoms with Crippen molar-refractivity contribution in [1.82, 2.24) is 10.3 Å². The molecule has 1 aromatic rings. The first-order valence-electron chi connectivity index (χ1n) is 8.33. The van der Waals surface area contributed by atoms with Crippen LogP contribution >= 0.6 is 0 Å². The fraction of sp³-hybridized carbons (Fsp3) is 0.588. The molecule has 2 heterocycles. The van der Waals surface area contributed by atoms with E-state index in [4.69, 9.17) is 4.74 Å².